The number of methoxy groups -OCH3 is 1. The van der Waals surface area contributed by atoms with E-state index in [9.17, 15) is 9.18 Å². The van der Waals surface area contributed by atoms with E-state index in [4.69, 9.17) is 10.5 Å². The van der Waals surface area contributed by atoms with Crippen molar-refractivity contribution in [3.63, 3.8) is 0 Å². The van der Waals surface area contributed by atoms with E-state index in [-0.39, 0.29) is 12.0 Å². The van der Waals surface area contributed by atoms with Gasteiger partial charge >= 0.3 is 0 Å². The van der Waals surface area contributed by atoms with Crippen molar-refractivity contribution < 1.29 is 13.9 Å². The van der Waals surface area contributed by atoms with E-state index in [2.05, 4.69) is 19.8 Å². The van der Waals surface area contributed by atoms with E-state index in [1.54, 1.807) is 7.11 Å². The number of hydrogen-bond acceptors (Lipinski definition) is 6. The molecule has 0 radical (unpaired) electrons. The average Bonchev–Trinajstić information content (AvgIpc) is 2.89. The highest BCUT2D eigenvalue weighted by molar-refractivity contribution is 5.76. The number of anilines is 1. The molecule has 3 saturated heterocycles. The molecule has 3 aliphatic rings. The number of primary amides is 1. The molecule has 4 rings (SSSR count). The third-order valence-electron chi connectivity index (χ3n) is 6.67. The van der Waals surface area contributed by atoms with Gasteiger partial charge in [-0.1, -0.05) is 0 Å². The number of aromatic nitrogens is 2. The van der Waals surface area contributed by atoms with Crippen LogP contribution in [0.4, 0.5) is 10.3 Å². The lowest BCUT2D eigenvalue weighted by Crippen LogP contribution is -2.52. The molecule has 7 nitrogen and oxygen atoms in total. The van der Waals surface area contributed by atoms with Gasteiger partial charge in [0, 0.05) is 32.3 Å². The van der Waals surface area contributed by atoms with Gasteiger partial charge in [-0.2, -0.15) is 0 Å². The van der Waals surface area contributed by atoms with Gasteiger partial charge in [-0.05, 0) is 43.9 Å². The number of hydrogen-bond donors (Lipinski definition) is 1. The summed E-state index contributed by atoms with van der Waals surface area (Å²) in [6, 6.07) is 0.939. The first-order chi connectivity index (χ1) is 13.0. The van der Waals surface area contributed by atoms with Gasteiger partial charge in [0.25, 0.3) is 0 Å². The van der Waals surface area contributed by atoms with Gasteiger partial charge in [0.1, 0.15) is 0 Å². The number of carbonyl (C=O) groups is 1. The lowest BCUT2D eigenvalue weighted by atomic mass is 9.75. The fourth-order valence-electron chi connectivity index (χ4n) is 5.48. The quantitative estimate of drug-likeness (QED) is 0.830. The van der Waals surface area contributed by atoms with Crippen LogP contribution in [0.3, 0.4) is 0 Å². The molecule has 1 aromatic heterocycles. The van der Waals surface area contributed by atoms with E-state index < -0.39 is 5.82 Å². The topological polar surface area (TPSA) is 84.6 Å². The first-order valence-electron chi connectivity index (χ1n) is 9.84. The molecule has 2 N–H and O–H groups in total. The molecule has 3 aliphatic heterocycles. The summed E-state index contributed by atoms with van der Waals surface area (Å²) in [5, 5.41) is 0. The molecule has 5 atom stereocenters. The van der Waals surface area contributed by atoms with Crippen LogP contribution in [0.5, 0.6) is 0 Å². The van der Waals surface area contributed by atoms with Crippen molar-refractivity contribution in [1.29, 1.82) is 0 Å². The summed E-state index contributed by atoms with van der Waals surface area (Å²) in [6.07, 6.45) is 8.09. The molecule has 27 heavy (non-hydrogen) atoms. The second kappa shape index (κ2) is 7.67. The molecule has 3 fully saturated rings. The SMILES string of the molecule is CO[C@@H]1CN(c2ncc(F)cn2)CC[C@@H]1[C@@H]1C[C@H]2CC[C@@H](C1)N2CC(N)=O. The number of ether oxygens (including phenoxy) is 1. The van der Waals surface area contributed by atoms with Crippen molar-refractivity contribution in [3.8, 4) is 0 Å². The molecule has 0 aliphatic carbocycles. The molecule has 0 saturated carbocycles. The summed E-state index contributed by atoms with van der Waals surface area (Å²) in [5.74, 6) is 1.01. The largest absolute Gasteiger partial charge is 0.379 e. The maximum atomic E-state index is 13.1. The van der Waals surface area contributed by atoms with Gasteiger partial charge in [-0.25, -0.2) is 14.4 Å². The summed E-state index contributed by atoms with van der Waals surface area (Å²) in [4.78, 5) is 24.0. The lowest BCUT2D eigenvalue weighted by molar-refractivity contribution is -0.120. The van der Waals surface area contributed by atoms with Gasteiger partial charge < -0.3 is 15.4 Å². The highest BCUT2D eigenvalue weighted by atomic mass is 19.1. The Labute approximate surface area is 159 Å². The van der Waals surface area contributed by atoms with Crippen molar-refractivity contribution in [1.82, 2.24) is 14.9 Å². The van der Waals surface area contributed by atoms with Crippen LogP contribution in [0, 0.1) is 17.7 Å². The molecule has 148 valence electrons. The molecule has 1 aromatic rings. The zero-order valence-electron chi connectivity index (χ0n) is 15.8. The van der Waals surface area contributed by atoms with Crippen LogP contribution in [0.1, 0.15) is 32.1 Å². The molecule has 1 amide bonds. The Hall–Kier alpha value is -1.80. The number of piperidine rings is 2. The number of fused-ring (bicyclic) bond motifs is 2. The molecule has 0 spiro atoms. The lowest BCUT2D eigenvalue weighted by Gasteiger charge is -2.46. The van der Waals surface area contributed by atoms with Crippen LogP contribution in [0.2, 0.25) is 0 Å². The number of carbonyl (C=O) groups excluding carboxylic acids is 1. The Morgan fingerprint density at radius 1 is 1.26 bits per heavy atom. The zero-order valence-corrected chi connectivity index (χ0v) is 15.8. The summed E-state index contributed by atoms with van der Waals surface area (Å²) in [5.41, 5.74) is 5.44. The van der Waals surface area contributed by atoms with Gasteiger partial charge in [0.2, 0.25) is 11.9 Å². The summed E-state index contributed by atoms with van der Waals surface area (Å²) in [7, 11) is 1.77. The third kappa shape index (κ3) is 3.78. The average molecular weight is 377 g/mol. The molecular weight excluding hydrogens is 349 g/mol. The van der Waals surface area contributed by atoms with Crippen molar-refractivity contribution in [2.24, 2.45) is 17.6 Å². The minimum absolute atomic E-state index is 0.111. The summed E-state index contributed by atoms with van der Waals surface area (Å²) >= 11 is 0. The predicted molar refractivity (Wildman–Crippen MR) is 98.5 cm³/mol. The molecule has 8 heteroatoms. The fraction of sp³-hybridized carbons (Fsp3) is 0.737. The number of amides is 1. The Balaban J connectivity index is 1.41. The van der Waals surface area contributed by atoms with Crippen LogP contribution >= 0.6 is 0 Å². The van der Waals surface area contributed by atoms with E-state index in [1.807, 2.05) is 0 Å². The number of halogens is 1. The number of nitrogens with zero attached hydrogens (tertiary/aromatic N) is 4. The Kier molecular flexibility index (Phi) is 5.27. The van der Waals surface area contributed by atoms with E-state index in [0.717, 1.165) is 45.2 Å². The maximum absolute atomic E-state index is 13.1. The summed E-state index contributed by atoms with van der Waals surface area (Å²) in [6.45, 7) is 1.97. The molecule has 2 bridgehead atoms. The minimum Gasteiger partial charge on any atom is -0.379 e. The van der Waals surface area contributed by atoms with Crippen molar-refractivity contribution in [2.75, 3.05) is 31.6 Å². The monoisotopic (exact) mass is 377 g/mol. The Bertz CT molecular complexity index is 659. The fourth-order valence-corrected chi connectivity index (χ4v) is 5.48. The zero-order chi connectivity index (χ0) is 19.0. The molecule has 4 heterocycles. The van der Waals surface area contributed by atoms with Gasteiger partial charge in [-0.15, -0.1) is 0 Å². The highest BCUT2D eigenvalue weighted by Gasteiger charge is 2.46. The highest BCUT2D eigenvalue weighted by Crippen LogP contribution is 2.44. The first-order valence-corrected chi connectivity index (χ1v) is 9.84. The third-order valence-corrected chi connectivity index (χ3v) is 6.67. The minimum atomic E-state index is -0.421. The van der Waals surface area contributed by atoms with Crippen LogP contribution < -0.4 is 10.6 Å². The second-order valence-corrected chi connectivity index (χ2v) is 8.13. The van der Waals surface area contributed by atoms with Crippen molar-refractivity contribution in [2.45, 2.75) is 50.3 Å². The summed E-state index contributed by atoms with van der Waals surface area (Å²) < 4.78 is 18.9. The van der Waals surface area contributed by atoms with Crippen molar-refractivity contribution in [3.05, 3.63) is 18.2 Å². The standard InChI is InChI=1S/C19H28FN5O2/c1-27-17-10-24(19-22-8-13(20)9-23-19)5-4-16(17)12-6-14-2-3-15(7-12)25(14)11-18(21)26/h8-9,12,14-17H,2-7,10-11H2,1H3,(H2,21,26)/t12-,14-,15+,16-,17-/m1/s1. The van der Waals surface area contributed by atoms with Gasteiger partial charge in [-0.3, -0.25) is 9.69 Å². The predicted octanol–water partition coefficient (Wildman–Crippen LogP) is 1.19. The smallest absolute Gasteiger partial charge is 0.231 e. The van der Waals surface area contributed by atoms with E-state index >= 15 is 0 Å². The van der Waals surface area contributed by atoms with Gasteiger partial charge in [0.15, 0.2) is 5.82 Å². The van der Waals surface area contributed by atoms with Crippen LogP contribution in [-0.2, 0) is 9.53 Å². The van der Waals surface area contributed by atoms with Crippen LogP contribution in [0.25, 0.3) is 0 Å². The molecule has 0 aromatic carbocycles. The second-order valence-electron chi connectivity index (χ2n) is 8.13. The van der Waals surface area contributed by atoms with Crippen molar-refractivity contribution >= 4 is 11.9 Å². The number of nitrogens with two attached hydrogens (primary N) is 1. The molecule has 0 unspecified atom stereocenters. The van der Waals surface area contributed by atoms with Crippen LogP contribution in [0.15, 0.2) is 12.4 Å². The molecular formula is C19H28FN5O2. The van der Waals surface area contributed by atoms with E-state index in [1.165, 1.54) is 12.4 Å². The van der Waals surface area contributed by atoms with Gasteiger partial charge in [0.05, 0.1) is 25.0 Å². The van der Waals surface area contributed by atoms with E-state index in [0.29, 0.717) is 36.4 Å². The Morgan fingerprint density at radius 2 is 1.93 bits per heavy atom. The first kappa shape index (κ1) is 18.6. The maximum Gasteiger partial charge on any atom is 0.231 e. The number of rotatable bonds is 5. The van der Waals surface area contributed by atoms with Crippen LogP contribution in [-0.4, -0.2) is 65.7 Å². The normalized spacial score (nSPS) is 34.0. The Morgan fingerprint density at radius 3 is 2.52 bits per heavy atom.